The van der Waals surface area contributed by atoms with Gasteiger partial charge in [0.05, 0.1) is 0 Å². The molecule has 0 fully saturated rings. The van der Waals surface area contributed by atoms with Crippen LogP contribution in [0.5, 0.6) is 0 Å². The number of hydrogen-bond donors (Lipinski definition) is 2. The Kier molecular flexibility index (Phi) is 1.05. The Balaban J connectivity index is 2.57. The van der Waals surface area contributed by atoms with Gasteiger partial charge in [-0.15, -0.1) is 0 Å². The molecule has 0 aromatic carbocycles. The monoisotopic (exact) mass is 116 g/mol. The summed E-state index contributed by atoms with van der Waals surface area (Å²) >= 11 is 0. The van der Waals surface area contributed by atoms with Gasteiger partial charge in [0, 0.05) is 5.64 Å². The highest BCUT2D eigenvalue weighted by Gasteiger charge is 2.11. The SMILES string of the molecule is NC(=O)C1=CONO1. The third kappa shape index (κ3) is 0.710. The number of nitrogens with two attached hydrogens (primary N) is 1. The second-order valence-electron chi connectivity index (χ2n) is 1.15. The molecule has 1 amide bonds. The summed E-state index contributed by atoms with van der Waals surface area (Å²) in [5.74, 6) is -0.681. The standard InChI is InChI=1S/C3H4N2O3/c4-3(6)2-1-7-5-8-2/h1,5H,(H2,4,6). The molecule has 0 saturated heterocycles. The molecule has 0 aromatic rings. The summed E-state index contributed by atoms with van der Waals surface area (Å²) in [4.78, 5) is 18.7. The van der Waals surface area contributed by atoms with Crippen LogP contribution >= 0.6 is 0 Å². The zero-order chi connectivity index (χ0) is 5.98. The molecule has 1 heterocycles. The first-order chi connectivity index (χ1) is 3.80. The highest BCUT2D eigenvalue weighted by atomic mass is 16.9. The average molecular weight is 116 g/mol. The van der Waals surface area contributed by atoms with E-state index in [9.17, 15) is 4.79 Å². The highest BCUT2D eigenvalue weighted by molar-refractivity contribution is 5.89. The number of primary amides is 1. The summed E-state index contributed by atoms with van der Waals surface area (Å²) in [6, 6.07) is 0. The highest BCUT2D eigenvalue weighted by Crippen LogP contribution is 1.98. The van der Waals surface area contributed by atoms with Crippen LogP contribution in [0, 0.1) is 0 Å². The molecule has 1 aliphatic rings. The summed E-state index contributed by atoms with van der Waals surface area (Å²) in [5.41, 5.74) is 6.71. The van der Waals surface area contributed by atoms with E-state index in [1.165, 1.54) is 0 Å². The predicted molar refractivity (Wildman–Crippen MR) is 22.6 cm³/mol. The van der Waals surface area contributed by atoms with Crippen LogP contribution in [0.4, 0.5) is 0 Å². The van der Waals surface area contributed by atoms with Crippen molar-refractivity contribution in [3.63, 3.8) is 0 Å². The molecular formula is C3H4N2O3. The van der Waals surface area contributed by atoms with Gasteiger partial charge in [0.1, 0.15) is 0 Å². The van der Waals surface area contributed by atoms with Crippen LogP contribution in [-0.4, -0.2) is 5.91 Å². The second kappa shape index (κ2) is 1.71. The molecule has 0 aromatic heterocycles. The van der Waals surface area contributed by atoms with Gasteiger partial charge in [-0.3, -0.25) is 4.79 Å². The van der Waals surface area contributed by atoms with Gasteiger partial charge in [-0.25, -0.2) is 0 Å². The molecule has 5 nitrogen and oxygen atoms in total. The van der Waals surface area contributed by atoms with Crippen molar-refractivity contribution in [3.05, 3.63) is 12.0 Å². The van der Waals surface area contributed by atoms with E-state index >= 15 is 0 Å². The van der Waals surface area contributed by atoms with Crippen LogP contribution in [0.15, 0.2) is 12.0 Å². The van der Waals surface area contributed by atoms with E-state index in [0.717, 1.165) is 6.26 Å². The van der Waals surface area contributed by atoms with Gasteiger partial charge in [0.2, 0.25) is 0 Å². The number of amides is 1. The van der Waals surface area contributed by atoms with Crippen molar-refractivity contribution in [2.75, 3.05) is 0 Å². The van der Waals surface area contributed by atoms with Crippen molar-refractivity contribution in [2.24, 2.45) is 5.73 Å². The molecule has 8 heavy (non-hydrogen) atoms. The van der Waals surface area contributed by atoms with Gasteiger partial charge in [-0.05, 0) is 0 Å². The second-order valence-corrected chi connectivity index (χ2v) is 1.15. The molecule has 0 atom stereocenters. The zero-order valence-electron chi connectivity index (χ0n) is 3.88. The maximum atomic E-state index is 10.1. The molecule has 1 aliphatic heterocycles. The summed E-state index contributed by atoms with van der Waals surface area (Å²) in [7, 11) is 0. The normalized spacial score (nSPS) is 16.2. The van der Waals surface area contributed by atoms with Gasteiger partial charge in [0.25, 0.3) is 11.7 Å². The third-order valence-corrected chi connectivity index (χ3v) is 0.609. The molecule has 44 valence electrons. The van der Waals surface area contributed by atoms with Crippen molar-refractivity contribution in [1.29, 1.82) is 0 Å². The van der Waals surface area contributed by atoms with Crippen molar-refractivity contribution >= 4 is 5.91 Å². The largest absolute Gasteiger partial charge is 0.377 e. The van der Waals surface area contributed by atoms with Gasteiger partial charge < -0.3 is 15.4 Å². The molecule has 5 heteroatoms. The van der Waals surface area contributed by atoms with Crippen LogP contribution < -0.4 is 11.4 Å². The summed E-state index contributed by atoms with van der Waals surface area (Å²) < 4.78 is 0. The molecule has 0 unspecified atom stereocenters. The molecule has 0 saturated carbocycles. The molecule has 0 aliphatic carbocycles. The Bertz CT molecular complexity index is 141. The Morgan fingerprint density at radius 1 is 1.88 bits per heavy atom. The maximum Gasteiger partial charge on any atom is 0.289 e. The van der Waals surface area contributed by atoms with E-state index < -0.39 is 5.91 Å². The Labute approximate surface area is 45.0 Å². The molecular weight excluding hydrogens is 112 g/mol. The van der Waals surface area contributed by atoms with Crippen LogP contribution in [-0.2, 0) is 14.5 Å². The lowest BCUT2D eigenvalue weighted by Gasteiger charge is -1.90. The van der Waals surface area contributed by atoms with E-state index in [-0.39, 0.29) is 5.76 Å². The molecule has 0 spiro atoms. The Morgan fingerprint density at radius 3 is 2.88 bits per heavy atom. The fourth-order valence-electron chi connectivity index (χ4n) is 0.279. The van der Waals surface area contributed by atoms with E-state index in [1.54, 1.807) is 0 Å². The quantitative estimate of drug-likeness (QED) is 0.450. The van der Waals surface area contributed by atoms with E-state index in [2.05, 4.69) is 9.68 Å². The lowest BCUT2D eigenvalue weighted by Crippen LogP contribution is -2.16. The molecule has 3 N–H and O–H groups in total. The van der Waals surface area contributed by atoms with Gasteiger partial charge in [-0.1, -0.05) is 0 Å². The van der Waals surface area contributed by atoms with Gasteiger partial charge in [0.15, 0.2) is 6.26 Å². The van der Waals surface area contributed by atoms with Crippen molar-refractivity contribution < 1.29 is 14.5 Å². The molecule has 1 rings (SSSR count). The molecule has 0 bridgehead atoms. The Morgan fingerprint density at radius 2 is 2.62 bits per heavy atom. The summed E-state index contributed by atoms with van der Waals surface area (Å²) in [6.45, 7) is 0. The van der Waals surface area contributed by atoms with E-state index in [1.807, 2.05) is 5.64 Å². The Hall–Kier alpha value is -1.23. The van der Waals surface area contributed by atoms with Crippen molar-refractivity contribution in [2.45, 2.75) is 0 Å². The zero-order valence-corrected chi connectivity index (χ0v) is 3.88. The average Bonchev–Trinajstić information content (AvgIpc) is 2.12. The lowest BCUT2D eigenvalue weighted by molar-refractivity contribution is -0.122. The number of carbonyl (C=O) groups is 1. The smallest absolute Gasteiger partial charge is 0.289 e. The topological polar surface area (TPSA) is 73.6 Å². The maximum absolute atomic E-state index is 10.1. The lowest BCUT2D eigenvalue weighted by atomic mass is 10.5. The number of nitrogens with one attached hydrogen (secondary N) is 1. The van der Waals surface area contributed by atoms with Crippen LogP contribution in [0.1, 0.15) is 0 Å². The fraction of sp³-hybridized carbons (Fsp3) is 0. The van der Waals surface area contributed by atoms with Crippen LogP contribution in [0.3, 0.4) is 0 Å². The van der Waals surface area contributed by atoms with Crippen molar-refractivity contribution in [3.8, 4) is 0 Å². The fourth-order valence-corrected chi connectivity index (χ4v) is 0.279. The minimum atomic E-state index is -0.657. The molecule has 0 radical (unpaired) electrons. The van der Waals surface area contributed by atoms with E-state index in [0.29, 0.717) is 0 Å². The third-order valence-electron chi connectivity index (χ3n) is 0.609. The number of hydrogen-bond acceptors (Lipinski definition) is 4. The number of rotatable bonds is 1. The minimum Gasteiger partial charge on any atom is -0.377 e. The van der Waals surface area contributed by atoms with Gasteiger partial charge >= 0.3 is 0 Å². The first kappa shape index (κ1) is 4.92. The summed E-state index contributed by atoms with van der Waals surface area (Å²) in [6.07, 6.45) is 1.09. The first-order valence-electron chi connectivity index (χ1n) is 1.88. The number of carbonyl (C=O) groups excluding carboxylic acids is 1. The van der Waals surface area contributed by atoms with Gasteiger partial charge in [-0.2, -0.15) is 0 Å². The minimum absolute atomic E-state index is 0.0231. The summed E-state index contributed by atoms with van der Waals surface area (Å²) in [5, 5.41) is 0. The van der Waals surface area contributed by atoms with E-state index in [4.69, 9.17) is 5.73 Å². The van der Waals surface area contributed by atoms with Crippen molar-refractivity contribution in [1.82, 2.24) is 5.64 Å². The van der Waals surface area contributed by atoms with Crippen LogP contribution in [0.25, 0.3) is 0 Å². The first-order valence-corrected chi connectivity index (χ1v) is 1.88. The van der Waals surface area contributed by atoms with Crippen LogP contribution in [0.2, 0.25) is 0 Å². The predicted octanol–water partition coefficient (Wildman–Crippen LogP) is -1.22.